The normalized spacial score (nSPS) is 23.7. The highest BCUT2D eigenvalue weighted by Crippen LogP contribution is 2.07. The van der Waals surface area contributed by atoms with Gasteiger partial charge in [0, 0.05) is 58.9 Å². The molecule has 0 saturated carbocycles. The molecule has 6 heteroatoms. The fourth-order valence-corrected chi connectivity index (χ4v) is 3.37. The molecule has 2 fully saturated rings. The third-order valence-corrected chi connectivity index (χ3v) is 5.12. The van der Waals surface area contributed by atoms with E-state index in [1.165, 1.54) is 58.5 Å². The minimum Gasteiger partial charge on any atom is -0.355 e. The molecule has 0 aromatic carbocycles. The molecule has 2 rings (SSSR count). The second-order valence-corrected chi connectivity index (χ2v) is 6.97. The molecule has 0 bridgehead atoms. The quantitative estimate of drug-likeness (QED) is 0.543. The first kappa shape index (κ1) is 18.5. The van der Waals surface area contributed by atoms with Crippen LogP contribution in [-0.2, 0) is 0 Å². The van der Waals surface area contributed by atoms with Crippen LogP contribution >= 0.6 is 0 Å². The van der Waals surface area contributed by atoms with Crippen LogP contribution in [0.15, 0.2) is 4.99 Å². The van der Waals surface area contributed by atoms with E-state index < -0.39 is 0 Å². The van der Waals surface area contributed by atoms with Gasteiger partial charge >= 0.3 is 0 Å². The highest BCUT2D eigenvalue weighted by Gasteiger charge is 2.19. The summed E-state index contributed by atoms with van der Waals surface area (Å²) in [6, 6.07) is 0.546. The molecule has 0 aliphatic carbocycles. The molecule has 0 aromatic heterocycles. The van der Waals surface area contributed by atoms with E-state index in [-0.39, 0.29) is 0 Å². The zero-order chi connectivity index (χ0) is 16.5. The first-order chi connectivity index (χ1) is 11.2. The van der Waals surface area contributed by atoms with Crippen molar-refractivity contribution >= 4 is 5.96 Å². The number of hydrogen-bond donors (Lipinski definition) is 2. The molecule has 2 aliphatic heterocycles. The SMILES string of the molecule is CN=C(NCCN1CCCCC1)NCC(C)N1CCN(C)CC1. The van der Waals surface area contributed by atoms with Crippen molar-refractivity contribution in [3.63, 3.8) is 0 Å². The number of piperidine rings is 1. The topological polar surface area (TPSA) is 46.1 Å². The summed E-state index contributed by atoms with van der Waals surface area (Å²) in [4.78, 5) is 11.9. The Hall–Kier alpha value is -0.850. The van der Waals surface area contributed by atoms with Crippen LogP contribution in [0.5, 0.6) is 0 Å². The van der Waals surface area contributed by atoms with Gasteiger partial charge in [0.15, 0.2) is 5.96 Å². The van der Waals surface area contributed by atoms with E-state index in [1.807, 2.05) is 7.05 Å². The second kappa shape index (κ2) is 10.1. The Kier molecular flexibility index (Phi) is 8.12. The highest BCUT2D eigenvalue weighted by atomic mass is 15.3. The zero-order valence-corrected chi connectivity index (χ0v) is 15.4. The molecule has 1 atom stereocenters. The third kappa shape index (κ3) is 6.65. The van der Waals surface area contributed by atoms with Gasteiger partial charge in [-0.25, -0.2) is 0 Å². The molecule has 23 heavy (non-hydrogen) atoms. The van der Waals surface area contributed by atoms with E-state index in [2.05, 4.69) is 44.3 Å². The predicted octanol–water partition coefficient (Wildman–Crippen LogP) is 0.273. The number of likely N-dealkylation sites (N-methyl/N-ethyl adjacent to an activating group) is 1. The summed E-state index contributed by atoms with van der Waals surface area (Å²) in [5.74, 6) is 0.933. The summed E-state index contributed by atoms with van der Waals surface area (Å²) < 4.78 is 0. The molecule has 0 aromatic rings. The number of likely N-dealkylation sites (tertiary alicyclic amines) is 1. The van der Waals surface area contributed by atoms with Crippen LogP contribution in [0.3, 0.4) is 0 Å². The van der Waals surface area contributed by atoms with E-state index >= 15 is 0 Å². The summed E-state index contributed by atoms with van der Waals surface area (Å²) >= 11 is 0. The van der Waals surface area contributed by atoms with Crippen molar-refractivity contribution in [2.45, 2.75) is 32.2 Å². The van der Waals surface area contributed by atoms with E-state index in [1.54, 1.807) is 0 Å². The van der Waals surface area contributed by atoms with Crippen LogP contribution in [0.4, 0.5) is 0 Å². The smallest absolute Gasteiger partial charge is 0.191 e. The minimum atomic E-state index is 0.546. The lowest BCUT2D eigenvalue weighted by molar-refractivity contribution is 0.120. The summed E-state index contributed by atoms with van der Waals surface area (Å²) in [6.45, 7) is 12.5. The Balaban J connectivity index is 1.60. The average Bonchev–Trinajstić information content (AvgIpc) is 2.59. The zero-order valence-electron chi connectivity index (χ0n) is 15.4. The Morgan fingerprint density at radius 3 is 2.35 bits per heavy atom. The molecule has 0 radical (unpaired) electrons. The summed E-state index contributed by atoms with van der Waals surface area (Å²) in [7, 11) is 4.06. The largest absolute Gasteiger partial charge is 0.355 e. The lowest BCUT2D eigenvalue weighted by Crippen LogP contribution is -2.52. The number of guanidine groups is 1. The highest BCUT2D eigenvalue weighted by molar-refractivity contribution is 5.79. The van der Waals surface area contributed by atoms with Crippen molar-refractivity contribution in [1.29, 1.82) is 0 Å². The summed E-state index contributed by atoms with van der Waals surface area (Å²) in [6.07, 6.45) is 4.11. The standard InChI is InChI=1S/C17H36N6/c1-16(23-13-11-21(3)12-14-23)15-20-17(18-2)19-7-10-22-8-5-4-6-9-22/h16H,4-15H2,1-3H3,(H2,18,19,20). The van der Waals surface area contributed by atoms with Gasteiger partial charge in [-0.1, -0.05) is 6.42 Å². The molecule has 134 valence electrons. The fraction of sp³-hybridized carbons (Fsp3) is 0.941. The van der Waals surface area contributed by atoms with Gasteiger partial charge in [0.2, 0.25) is 0 Å². The van der Waals surface area contributed by atoms with Gasteiger partial charge in [-0.2, -0.15) is 0 Å². The third-order valence-electron chi connectivity index (χ3n) is 5.12. The van der Waals surface area contributed by atoms with Crippen LogP contribution < -0.4 is 10.6 Å². The Labute approximate surface area is 142 Å². The number of nitrogens with zero attached hydrogens (tertiary/aromatic N) is 4. The van der Waals surface area contributed by atoms with Crippen molar-refractivity contribution in [2.24, 2.45) is 4.99 Å². The van der Waals surface area contributed by atoms with Crippen molar-refractivity contribution < 1.29 is 0 Å². The fourth-order valence-electron chi connectivity index (χ4n) is 3.37. The van der Waals surface area contributed by atoms with Crippen LogP contribution in [0, 0.1) is 0 Å². The first-order valence-corrected chi connectivity index (χ1v) is 9.28. The Morgan fingerprint density at radius 2 is 1.70 bits per heavy atom. The van der Waals surface area contributed by atoms with Gasteiger partial charge in [0.25, 0.3) is 0 Å². The second-order valence-electron chi connectivity index (χ2n) is 6.97. The monoisotopic (exact) mass is 324 g/mol. The van der Waals surface area contributed by atoms with Gasteiger partial charge in [0.1, 0.15) is 0 Å². The molecule has 2 saturated heterocycles. The van der Waals surface area contributed by atoms with Gasteiger partial charge < -0.3 is 20.4 Å². The molecule has 2 N–H and O–H groups in total. The number of aliphatic imine (C=N–C) groups is 1. The van der Waals surface area contributed by atoms with Gasteiger partial charge in [0.05, 0.1) is 0 Å². The average molecular weight is 325 g/mol. The van der Waals surface area contributed by atoms with Crippen molar-refractivity contribution in [1.82, 2.24) is 25.3 Å². The molecule has 1 unspecified atom stereocenters. The summed E-state index contributed by atoms with van der Waals surface area (Å²) in [5, 5.41) is 6.93. The molecule has 0 amide bonds. The minimum absolute atomic E-state index is 0.546. The van der Waals surface area contributed by atoms with Crippen molar-refractivity contribution in [3.8, 4) is 0 Å². The van der Waals surface area contributed by atoms with E-state index in [9.17, 15) is 0 Å². The molecular formula is C17H36N6. The maximum absolute atomic E-state index is 4.35. The van der Waals surface area contributed by atoms with E-state index in [0.29, 0.717) is 6.04 Å². The maximum atomic E-state index is 4.35. The number of rotatable bonds is 6. The maximum Gasteiger partial charge on any atom is 0.191 e. The van der Waals surface area contributed by atoms with Crippen LogP contribution in [0.25, 0.3) is 0 Å². The van der Waals surface area contributed by atoms with Gasteiger partial charge in [-0.3, -0.25) is 9.89 Å². The van der Waals surface area contributed by atoms with Crippen molar-refractivity contribution in [3.05, 3.63) is 0 Å². The summed E-state index contributed by atoms with van der Waals surface area (Å²) in [5.41, 5.74) is 0. The van der Waals surface area contributed by atoms with E-state index in [0.717, 1.165) is 25.6 Å². The van der Waals surface area contributed by atoms with Crippen LogP contribution in [-0.4, -0.2) is 99.7 Å². The van der Waals surface area contributed by atoms with E-state index in [4.69, 9.17) is 0 Å². The molecular weight excluding hydrogens is 288 g/mol. The van der Waals surface area contributed by atoms with Crippen LogP contribution in [0.2, 0.25) is 0 Å². The van der Waals surface area contributed by atoms with Gasteiger partial charge in [-0.15, -0.1) is 0 Å². The van der Waals surface area contributed by atoms with Crippen LogP contribution in [0.1, 0.15) is 26.2 Å². The molecule has 2 aliphatic rings. The Morgan fingerprint density at radius 1 is 1.00 bits per heavy atom. The lowest BCUT2D eigenvalue weighted by Gasteiger charge is -2.36. The van der Waals surface area contributed by atoms with Gasteiger partial charge in [-0.05, 0) is 39.9 Å². The Bertz CT molecular complexity index is 345. The molecule has 0 spiro atoms. The predicted molar refractivity (Wildman–Crippen MR) is 98.2 cm³/mol. The first-order valence-electron chi connectivity index (χ1n) is 9.28. The van der Waals surface area contributed by atoms with Crippen molar-refractivity contribution in [2.75, 3.05) is 73.0 Å². The number of piperazine rings is 1. The number of hydrogen-bond acceptors (Lipinski definition) is 4. The lowest BCUT2D eigenvalue weighted by atomic mass is 10.1. The molecule has 6 nitrogen and oxygen atoms in total. The molecule has 2 heterocycles. The number of nitrogens with one attached hydrogen (secondary N) is 2.